The molecule has 1 aromatic rings. The summed E-state index contributed by atoms with van der Waals surface area (Å²) in [5.74, 6) is -1.30. The molecule has 1 fully saturated rings. The lowest BCUT2D eigenvalue weighted by Gasteiger charge is -2.13. The van der Waals surface area contributed by atoms with Gasteiger partial charge in [-0.3, -0.25) is 9.36 Å². The molecule has 0 radical (unpaired) electrons. The smallest absolute Gasteiger partial charge is 0.384 e. The summed E-state index contributed by atoms with van der Waals surface area (Å²) >= 11 is 0. The Morgan fingerprint density at radius 3 is 2.59 bits per heavy atom. The first-order valence-corrected chi connectivity index (χ1v) is 7.38. The van der Waals surface area contributed by atoms with Gasteiger partial charge in [0.1, 0.15) is 24.6 Å². The molecule has 4 atom stereocenters. The molecule has 0 aliphatic carbocycles. The second-order valence-corrected chi connectivity index (χ2v) is 5.93. The molecule has 1 aliphatic heterocycles. The fraction of sp³-hybridized carbons (Fsp3) is 0.444. The van der Waals surface area contributed by atoms with E-state index < -0.39 is 43.6 Å². The quantitative estimate of drug-likeness (QED) is 0.387. The molecule has 1 aromatic heterocycles. The number of primary amides is 1. The van der Waals surface area contributed by atoms with Crippen LogP contribution in [-0.2, 0) is 9.30 Å². The van der Waals surface area contributed by atoms with E-state index in [1.807, 2.05) is 0 Å². The van der Waals surface area contributed by atoms with Gasteiger partial charge in [0.05, 0.1) is 0 Å². The summed E-state index contributed by atoms with van der Waals surface area (Å²) < 4.78 is 29.9. The van der Waals surface area contributed by atoms with Crippen LogP contribution in [0.4, 0.5) is 4.39 Å². The van der Waals surface area contributed by atoms with Gasteiger partial charge in [-0.15, -0.1) is 5.10 Å². The average molecular weight is 338 g/mol. The van der Waals surface area contributed by atoms with E-state index in [1.165, 1.54) is 0 Å². The lowest BCUT2D eigenvalue weighted by atomic mass is 10.1. The number of aliphatic hydroxyl groups is 2. The first-order valence-electron chi connectivity index (χ1n) is 5.77. The fourth-order valence-corrected chi connectivity index (χ4v) is 2.13. The zero-order valence-electron chi connectivity index (χ0n) is 10.7. The molecule has 11 nitrogen and oxygen atoms in total. The van der Waals surface area contributed by atoms with Gasteiger partial charge in [-0.1, -0.05) is 0 Å². The summed E-state index contributed by atoms with van der Waals surface area (Å²) in [6, 6.07) is 0. The number of amides is 1. The van der Waals surface area contributed by atoms with Crippen LogP contribution in [0.5, 0.6) is 0 Å². The Morgan fingerprint density at radius 1 is 1.45 bits per heavy atom. The van der Waals surface area contributed by atoms with Gasteiger partial charge >= 0.3 is 7.60 Å². The van der Waals surface area contributed by atoms with Crippen molar-refractivity contribution in [2.45, 2.75) is 24.5 Å². The number of carbonyl (C=O) groups excluding carboxylic acids is 1. The Labute approximate surface area is 122 Å². The molecular weight excluding hydrogens is 326 g/mol. The van der Waals surface area contributed by atoms with Crippen molar-refractivity contribution in [3.63, 3.8) is 0 Å². The summed E-state index contributed by atoms with van der Waals surface area (Å²) in [6.07, 6.45) is -4.81. The lowest BCUT2D eigenvalue weighted by Crippen LogP contribution is -2.31. The summed E-state index contributed by atoms with van der Waals surface area (Å²) in [6.45, 7) is 0. The SMILES string of the molecule is NC(=O)c1ncn([C@@H]2OC(/C=C(\F)P(=O)(O)O)[C@@H](O)[C@H]2O)n1. The van der Waals surface area contributed by atoms with E-state index in [0.29, 0.717) is 6.08 Å². The summed E-state index contributed by atoms with van der Waals surface area (Å²) in [7, 11) is -5.13. The van der Waals surface area contributed by atoms with Crippen LogP contribution in [0.2, 0.25) is 0 Å². The van der Waals surface area contributed by atoms with Gasteiger partial charge in [0, 0.05) is 0 Å². The van der Waals surface area contributed by atoms with Crippen molar-refractivity contribution in [1.82, 2.24) is 14.8 Å². The van der Waals surface area contributed by atoms with Crippen molar-refractivity contribution in [2.24, 2.45) is 5.73 Å². The summed E-state index contributed by atoms with van der Waals surface area (Å²) in [5, 5.41) is 23.2. The van der Waals surface area contributed by atoms with Gasteiger partial charge in [0.15, 0.2) is 6.23 Å². The molecule has 2 heterocycles. The Bertz CT molecular complexity index is 658. The molecule has 1 unspecified atom stereocenters. The van der Waals surface area contributed by atoms with Crippen molar-refractivity contribution in [2.75, 3.05) is 0 Å². The van der Waals surface area contributed by atoms with Gasteiger partial charge < -0.3 is 30.5 Å². The van der Waals surface area contributed by atoms with Gasteiger partial charge in [-0.2, -0.15) is 4.39 Å². The largest absolute Gasteiger partial charge is 0.387 e. The molecule has 1 aliphatic rings. The summed E-state index contributed by atoms with van der Waals surface area (Å²) in [4.78, 5) is 31.7. The number of ether oxygens (including phenoxy) is 1. The molecule has 2 rings (SSSR count). The average Bonchev–Trinajstić information content (AvgIpc) is 2.98. The van der Waals surface area contributed by atoms with Gasteiger partial charge in [0.2, 0.25) is 11.4 Å². The lowest BCUT2D eigenvalue weighted by molar-refractivity contribution is -0.0348. The number of nitrogens with two attached hydrogens (primary N) is 1. The van der Waals surface area contributed by atoms with E-state index in [4.69, 9.17) is 20.3 Å². The number of rotatable bonds is 4. The molecular formula is C9H12FN4O7P. The molecule has 122 valence electrons. The predicted molar refractivity (Wildman–Crippen MR) is 65.7 cm³/mol. The minimum absolute atomic E-state index is 0.362. The van der Waals surface area contributed by atoms with E-state index in [9.17, 15) is 24.0 Å². The van der Waals surface area contributed by atoms with Crippen LogP contribution in [0.15, 0.2) is 18.0 Å². The highest BCUT2D eigenvalue weighted by molar-refractivity contribution is 7.56. The Kier molecular flexibility index (Phi) is 4.42. The number of aromatic nitrogens is 3. The van der Waals surface area contributed by atoms with E-state index in [-0.39, 0.29) is 5.82 Å². The standard InChI is InChI=1S/C9H12FN4O7P/c10-4(22(18,19)20)1-3-5(15)6(16)9(21-3)14-2-12-8(13-14)7(11)17/h1-3,5-6,9,15-16H,(H2,11,17)(H2,18,19,20)/b4-1+/t3?,5-,6-,9-/m1/s1. The van der Waals surface area contributed by atoms with Crippen LogP contribution in [0.1, 0.15) is 16.8 Å². The third-order valence-corrected chi connectivity index (χ3v) is 3.55. The monoisotopic (exact) mass is 338 g/mol. The maximum absolute atomic E-state index is 13.2. The van der Waals surface area contributed by atoms with Crippen molar-refractivity contribution >= 4 is 13.5 Å². The highest BCUT2D eigenvalue weighted by atomic mass is 31.2. The van der Waals surface area contributed by atoms with Crippen LogP contribution in [0.3, 0.4) is 0 Å². The number of aliphatic hydroxyl groups excluding tert-OH is 2. The fourth-order valence-electron chi connectivity index (χ4n) is 1.78. The van der Waals surface area contributed by atoms with E-state index in [0.717, 1.165) is 11.0 Å². The van der Waals surface area contributed by atoms with Gasteiger partial charge in [-0.25, -0.2) is 9.67 Å². The molecule has 0 saturated carbocycles. The van der Waals surface area contributed by atoms with Gasteiger partial charge in [-0.05, 0) is 6.08 Å². The third kappa shape index (κ3) is 3.21. The Morgan fingerprint density at radius 2 is 2.09 bits per heavy atom. The molecule has 0 bridgehead atoms. The number of hydrogen-bond acceptors (Lipinski definition) is 7. The minimum Gasteiger partial charge on any atom is -0.387 e. The van der Waals surface area contributed by atoms with Crippen molar-refractivity contribution in [3.05, 3.63) is 23.8 Å². The molecule has 13 heteroatoms. The van der Waals surface area contributed by atoms with Crippen LogP contribution in [-0.4, -0.2) is 59.0 Å². The van der Waals surface area contributed by atoms with E-state index in [2.05, 4.69) is 10.1 Å². The number of carbonyl (C=O) groups is 1. The van der Waals surface area contributed by atoms with Crippen molar-refractivity contribution < 1.29 is 38.5 Å². The normalized spacial score (nSPS) is 29.8. The van der Waals surface area contributed by atoms with E-state index in [1.54, 1.807) is 0 Å². The molecule has 22 heavy (non-hydrogen) atoms. The van der Waals surface area contributed by atoms with Crippen LogP contribution in [0, 0.1) is 0 Å². The molecule has 1 saturated heterocycles. The Balaban J connectivity index is 2.23. The zero-order chi connectivity index (χ0) is 16.7. The topological polar surface area (TPSA) is 181 Å². The number of hydrogen-bond donors (Lipinski definition) is 5. The van der Waals surface area contributed by atoms with Crippen molar-refractivity contribution in [3.8, 4) is 0 Å². The minimum atomic E-state index is -5.13. The second-order valence-electron chi connectivity index (χ2n) is 4.42. The highest BCUT2D eigenvalue weighted by Crippen LogP contribution is 2.46. The Hall–Kier alpha value is -1.69. The van der Waals surface area contributed by atoms with Crippen LogP contribution >= 0.6 is 7.60 Å². The molecule has 0 spiro atoms. The van der Waals surface area contributed by atoms with Crippen LogP contribution < -0.4 is 5.73 Å². The highest BCUT2D eigenvalue weighted by Gasteiger charge is 2.44. The number of halogens is 1. The first kappa shape index (κ1) is 16.7. The van der Waals surface area contributed by atoms with Crippen molar-refractivity contribution in [1.29, 1.82) is 0 Å². The first-order chi connectivity index (χ1) is 10.1. The molecule has 6 N–H and O–H groups in total. The zero-order valence-corrected chi connectivity index (χ0v) is 11.6. The molecule has 1 amide bonds. The van der Waals surface area contributed by atoms with Crippen LogP contribution in [0.25, 0.3) is 0 Å². The molecule has 0 aromatic carbocycles. The maximum Gasteiger partial charge on any atom is 0.384 e. The van der Waals surface area contributed by atoms with E-state index >= 15 is 0 Å². The maximum atomic E-state index is 13.2. The van der Waals surface area contributed by atoms with Gasteiger partial charge in [0.25, 0.3) is 5.91 Å². The number of nitrogens with zero attached hydrogens (tertiary/aromatic N) is 3. The third-order valence-electron chi connectivity index (χ3n) is 2.84. The predicted octanol–water partition coefficient (Wildman–Crippen LogP) is -2.02. The second kappa shape index (κ2) is 5.83. The summed E-state index contributed by atoms with van der Waals surface area (Å²) in [5.41, 5.74) is 3.15.